The molecule has 30 heavy (non-hydrogen) atoms. The minimum absolute atomic E-state index is 0.0943. The van der Waals surface area contributed by atoms with Gasteiger partial charge in [-0.2, -0.15) is 0 Å². The Hall–Kier alpha value is -1.50. The Morgan fingerprint density at radius 2 is 1.50 bits per heavy atom. The van der Waals surface area contributed by atoms with Gasteiger partial charge in [-0.3, -0.25) is 0 Å². The molecule has 0 bridgehead atoms. The molecule has 0 amide bonds. The van der Waals surface area contributed by atoms with Gasteiger partial charge in [-0.15, -0.1) is 0 Å². The average molecular weight is 429 g/mol. The van der Waals surface area contributed by atoms with Crippen LogP contribution in [0, 0.1) is 5.41 Å². The molecule has 1 heterocycles. The fraction of sp³-hybridized carbons (Fsp3) is 0.520. The van der Waals surface area contributed by atoms with E-state index >= 15 is 0 Å². The first-order valence-electron chi connectivity index (χ1n) is 10.7. The summed E-state index contributed by atoms with van der Waals surface area (Å²) in [6.07, 6.45) is -0.664. The summed E-state index contributed by atoms with van der Waals surface area (Å²) in [5.41, 5.74) is -0.456. The molecule has 2 aromatic carbocycles. The monoisotopic (exact) mass is 428 g/mol. The van der Waals surface area contributed by atoms with Crippen molar-refractivity contribution in [2.24, 2.45) is 5.41 Å². The number of ether oxygens (including phenoxy) is 2. The minimum atomic E-state index is -2.63. The summed E-state index contributed by atoms with van der Waals surface area (Å²) in [5, 5.41) is 13.1. The van der Waals surface area contributed by atoms with Crippen LogP contribution in [-0.4, -0.2) is 45.6 Å². The molecule has 3 atom stereocenters. The van der Waals surface area contributed by atoms with E-state index in [2.05, 4.69) is 69.3 Å². The Labute approximate surface area is 182 Å². The maximum atomic E-state index is 10.7. The third-order valence-electron chi connectivity index (χ3n) is 6.39. The van der Waals surface area contributed by atoms with Gasteiger partial charge in [0.15, 0.2) is 6.29 Å². The Bertz CT molecular complexity index is 761. The zero-order chi connectivity index (χ0) is 22.0. The summed E-state index contributed by atoms with van der Waals surface area (Å²) >= 11 is 0. The highest BCUT2D eigenvalue weighted by atomic mass is 28.4. The van der Waals surface area contributed by atoms with Crippen molar-refractivity contribution in [3.05, 3.63) is 60.7 Å². The molecule has 1 N–H and O–H groups in total. The molecule has 3 rings (SSSR count). The Morgan fingerprint density at radius 1 is 1.00 bits per heavy atom. The fourth-order valence-electron chi connectivity index (χ4n) is 4.56. The molecule has 0 saturated carbocycles. The number of hydrogen-bond acceptors (Lipinski definition) is 4. The zero-order valence-corrected chi connectivity index (χ0v) is 20.1. The van der Waals surface area contributed by atoms with Crippen LogP contribution in [0.25, 0.3) is 0 Å². The van der Waals surface area contributed by atoms with Crippen LogP contribution in [0.3, 0.4) is 0 Å². The highest BCUT2D eigenvalue weighted by molar-refractivity contribution is 6.99. The standard InChI is InChI=1S/C25H36O4Si/c1-24(2,3)30(20-13-9-7-10-14-20,21-15-11-8-12-16-21)28-18-19-17-22(26)25(4,5)23(27-6)29-19/h7-16,19,22-23,26H,17-18H2,1-6H3/t19-,22-,23-/m0/s1. The van der Waals surface area contributed by atoms with Crippen LogP contribution in [0.2, 0.25) is 5.04 Å². The lowest BCUT2D eigenvalue weighted by Gasteiger charge is -2.47. The van der Waals surface area contributed by atoms with Gasteiger partial charge in [-0.1, -0.05) is 95.3 Å². The normalized spacial score (nSPS) is 24.6. The van der Waals surface area contributed by atoms with E-state index in [4.69, 9.17) is 13.9 Å². The van der Waals surface area contributed by atoms with Crippen LogP contribution < -0.4 is 10.4 Å². The summed E-state index contributed by atoms with van der Waals surface area (Å²) in [4.78, 5) is 0. The SMILES string of the molecule is CO[C@H]1O[C@H](CO[Si](c2ccccc2)(c2ccccc2)C(C)(C)C)C[C@H](O)C1(C)C. The van der Waals surface area contributed by atoms with E-state index in [1.807, 2.05) is 26.0 Å². The number of methoxy groups -OCH3 is 1. The van der Waals surface area contributed by atoms with E-state index < -0.39 is 26.1 Å². The molecule has 5 heteroatoms. The van der Waals surface area contributed by atoms with Crippen molar-refractivity contribution in [2.75, 3.05) is 13.7 Å². The number of benzene rings is 2. The van der Waals surface area contributed by atoms with Gasteiger partial charge in [-0.05, 0) is 15.4 Å². The van der Waals surface area contributed by atoms with Crippen LogP contribution in [0.4, 0.5) is 0 Å². The van der Waals surface area contributed by atoms with Gasteiger partial charge < -0.3 is 19.0 Å². The van der Waals surface area contributed by atoms with Crippen molar-refractivity contribution in [3.8, 4) is 0 Å². The summed E-state index contributed by atoms with van der Waals surface area (Å²) in [7, 11) is -0.996. The van der Waals surface area contributed by atoms with Gasteiger partial charge in [0, 0.05) is 18.9 Å². The molecule has 0 unspecified atom stereocenters. The predicted molar refractivity (Wildman–Crippen MR) is 124 cm³/mol. The van der Waals surface area contributed by atoms with E-state index in [1.165, 1.54) is 10.4 Å². The highest BCUT2D eigenvalue weighted by Gasteiger charge is 2.51. The van der Waals surface area contributed by atoms with E-state index in [-0.39, 0.29) is 11.1 Å². The maximum Gasteiger partial charge on any atom is 0.261 e. The highest BCUT2D eigenvalue weighted by Crippen LogP contribution is 2.39. The summed E-state index contributed by atoms with van der Waals surface area (Å²) in [6, 6.07) is 21.1. The Kier molecular flexibility index (Phi) is 6.90. The van der Waals surface area contributed by atoms with Crippen molar-refractivity contribution in [3.63, 3.8) is 0 Å². The van der Waals surface area contributed by atoms with Crippen molar-refractivity contribution in [1.29, 1.82) is 0 Å². The van der Waals surface area contributed by atoms with E-state index in [9.17, 15) is 5.11 Å². The van der Waals surface area contributed by atoms with E-state index in [0.717, 1.165) is 0 Å². The van der Waals surface area contributed by atoms with Gasteiger partial charge in [0.25, 0.3) is 8.32 Å². The van der Waals surface area contributed by atoms with Crippen LogP contribution in [0.15, 0.2) is 60.7 Å². The lowest BCUT2D eigenvalue weighted by molar-refractivity contribution is -0.272. The first-order chi connectivity index (χ1) is 14.1. The van der Waals surface area contributed by atoms with Crippen molar-refractivity contribution < 1.29 is 19.0 Å². The second-order valence-electron chi connectivity index (χ2n) is 9.87. The molecule has 0 aromatic heterocycles. The number of aliphatic hydroxyl groups excluding tert-OH is 1. The molecule has 4 nitrogen and oxygen atoms in total. The largest absolute Gasteiger partial charge is 0.405 e. The van der Waals surface area contributed by atoms with Gasteiger partial charge in [-0.25, -0.2) is 0 Å². The number of aliphatic hydroxyl groups is 1. The van der Waals surface area contributed by atoms with Gasteiger partial charge in [0.1, 0.15) is 0 Å². The summed E-state index contributed by atoms with van der Waals surface area (Å²) in [5.74, 6) is 0. The molecule has 1 aliphatic heterocycles. The number of rotatable bonds is 6. The van der Waals surface area contributed by atoms with Crippen molar-refractivity contribution >= 4 is 18.7 Å². The smallest absolute Gasteiger partial charge is 0.261 e. The maximum absolute atomic E-state index is 10.7. The van der Waals surface area contributed by atoms with Crippen LogP contribution in [-0.2, 0) is 13.9 Å². The molecule has 2 aromatic rings. The second kappa shape index (κ2) is 8.93. The third kappa shape index (κ3) is 4.27. The molecule has 0 spiro atoms. The minimum Gasteiger partial charge on any atom is -0.405 e. The van der Waals surface area contributed by atoms with Gasteiger partial charge >= 0.3 is 0 Å². The predicted octanol–water partition coefficient (Wildman–Crippen LogP) is 3.71. The molecule has 0 radical (unpaired) electrons. The van der Waals surface area contributed by atoms with E-state index in [1.54, 1.807) is 7.11 Å². The van der Waals surface area contributed by atoms with Crippen molar-refractivity contribution in [2.45, 2.75) is 64.6 Å². The van der Waals surface area contributed by atoms with Gasteiger partial charge in [0.05, 0.1) is 18.8 Å². The topological polar surface area (TPSA) is 47.9 Å². The third-order valence-corrected chi connectivity index (χ3v) is 11.4. The second-order valence-corrected chi connectivity index (χ2v) is 14.2. The quantitative estimate of drug-likeness (QED) is 0.713. The Morgan fingerprint density at radius 3 is 1.93 bits per heavy atom. The molecular formula is C25H36O4Si. The first-order valence-corrected chi connectivity index (χ1v) is 12.6. The van der Waals surface area contributed by atoms with Crippen LogP contribution in [0.5, 0.6) is 0 Å². The van der Waals surface area contributed by atoms with Crippen LogP contribution >= 0.6 is 0 Å². The molecule has 1 fully saturated rings. The zero-order valence-electron chi connectivity index (χ0n) is 19.1. The summed E-state index contributed by atoms with van der Waals surface area (Å²) in [6.45, 7) is 11.2. The molecular weight excluding hydrogens is 392 g/mol. The molecule has 0 aliphatic carbocycles. The fourth-order valence-corrected chi connectivity index (χ4v) is 9.15. The lowest BCUT2D eigenvalue weighted by atomic mass is 9.80. The number of hydrogen-bond donors (Lipinski definition) is 1. The average Bonchev–Trinajstić information content (AvgIpc) is 2.71. The van der Waals surface area contributed by atoms with Crippen LogP contribution in [0.1, 0.15) is 41.0 Å². The van der Waals surface area contributed by atoms with E-state index in [0.29, 0.717) is 13.0 Å². The Balaban J connectivity index is 1.96. The lowest BCUT2D eigenvalue weighted by Crippen LogP contribution is -2.67. The molecule has 1 saturated heterocycles. The van der Waals surface area contributed by atoms with Gasteiger partial charge in [0.2, 0.25) is 0 Å². The molecule has 1 aliphatic rings. The van der Waals surface area contributed by atoms with Crippen molar-refractivity contribution in [1.82, 2.24) is 0 Å². The molecule has 164 valence electrons. The summed E-state index contributed by atoms with van der Waals surface area (Å²) < 4.78 is 18.7. The first kappa shape index (κ1) is 23.2.